The maximum Gasteiger partial charge on any atom is 0.230 e. The summed E-state index contributed by atoms with van der Waals surface area (Å²) in [5, 5.41) is 4.15. The Labute approximate surface area is 116 Å². The molecule has 104 valence electrons. The van der Waals surface area contributed by atoms with E-state index in [-0.39, 0.29) is 0 Å². The van der Waals surface area contributed by atoms with Crippen LogP contribution in [0.2, 0.25) is 0 Å². The first-order valence-corrected chi connectivity index (χ1v) is 6.98. The molecule has 1 aliphatic carbocycles. The highest BCUT2D eigenvalue weighted by Crippen LogP contribution is 2.44. The molecular weight excluding hydrogens is 256 g/mol. The number of rotatable bonds is 2. The third-order valence-corrected chi connectivity index (χ3v) is 4.07. The van der Waals surface area contributed by atoms with Crippen LogP contribution in [-0.2, 0) is 0 Å². The van der Waals surface area contributed by atoms with Crippen LogP contribution in [0.5, 0.6) is 11.5 Å². The Bertz CT molecular complexity index is 647. The van der Waals surface area contributed by atoms with Crippen molar-refractivity contribution in [2.75, 3.05) is 18.9 Å². The second-order valence-corrected chi connectivity index (χ2v) is 5.29. The van der Waals surface area contributed by atoms with E-state index in [4.69, 9.17) is 19.7 Å². The van der Waals surface area contributed by atoms with Crippen LogP contribution in [0.4, 0.5) is 5.88 Å². The lowest BCUT2D eigenvalue weighted by atomic mass is 9.80. The van der Waals surface area contributed by atoms with Crippen molar-refractivity contribution < 1.29 is 14.0 Å². The van der Waals surface area contributed by atoms with Crippen LogP contribution >= 0.6 is 0 Å². The minimum Gasteiger partial charge on any atom is -0.486 e. The summed E-state index contributed by atoms with van der Waals surface area (Å²) >= 11 is 0. The monoisotopic (exact) mass is 272 g/mol. The number of nitrogens with two attached hydrogens (primary N) is 1. The highest BCUT2D eigenvalue weighted by Gasteiger charge is 2.28. The molecule has 0 unspecified atom stereocenters. The lowest BCUT2D eigenvalue weighted by Crippen LogP contribution is -2.15. The average Bonchev–Trinajstić information content (AvgIpc) is 2.78. The lowest BCUT2D eigenvalue weighted by Gasteiger charge is -2.24. The van der Waals surface area contributed by atoms with Crippen molar-refractivity contribution in [2.45, 2.75) is 25.2 Å². The third kappa shape index (κ3) is 1.73. The minimum atomic E-state index is 0.378. The van der Waals surface area contributed by atoms with Crippen molar-refractivity contribution in [1.29, 1.82) is 0 Å². The summed E-state index contributed by atoms with van der Waals surface area (Å²) in [5.74, 6) is 2.39. The second kappa shape index (κ2) is 4.44. The van der Waals surface area contributed by atoms with Gasteiger partial charge >= 0.3 is 0 Å². The average molecular weight is 272 g/mol. The molecule has 0 saturated heterocycles. The molecule has 1 aliphatic heterocycles. The normalized spacial score (nSPS) is 17.8. The largest absolute Gasteiger partial charge is 0.486 e. The van der Waals surface area contributed by atoms with Gasteiger partial charge in [-0.2, -0.15) is 0 Å². The highest BCUT2D eigenvalue weighted by atomic mass is 16.6. The number of benzene rings is 1. The number of anilines is 1. The molecule has 0 atom stereocenters. The van der Waals surface area contributed by atoms with Gasteiger partial charge in [0.05, 0.1) is 11.3 Å². The van der Waals surface area contributed by atoms with Crippen LogP contribution in [0, 0.1) is 0 Å². The summed E-state index contributed by atoms with van der Waals surface area (Å²) in [7, 11) is 0. The first-order valence-electron chi connectivity index (χ1n) is 6.98. The van der Waals surface area contributed by atoms with Gasteiger partial charge in [0.15, 0.2) is 11.5 Å². The van der Waals surface area contributed by atoms with Crippen LogP contribution in [0.1, 0.15) is 30.9 Å². The van der Waals surface area contributed by atoms with Crippen molar-refractivity contribution in [3.8, 4) is 22.6 Å². The second-order valence-electron chi connectivity index (χ2n) is 5.29. The molecule has 5 nitrogen and oxygen atoms in total. The Balaban J connectivity index is 1.78. The number of ether oxygens (including phenoxy) is 2. The summed E-state index contributed by atoms with van der Waals surface area (Å²) in [4.78, 5) is 0. The summed E-state index contributed by atoms with van der Waals surface area (Å²) in [6.45, 7) is 1.17. The van der Waals surface area contributed by atoms with Gasteiger partial charge in [0, 0.05) is 5.92 Å². The summed E-state index contributed by atoms with van der Waals surface area (Å²) in [5.41, 5.74) is 8.83. The van der Waals surface area contributed by atoms with Crippen LogP contribution < -0.4 is 15.2 Å². The molecule has 1 aromatic carbocycles. The van der Waals surface area contributed by atoms with E-state index in [2.05, 4.69) is 5.16 Å². The number of hydrogen-bond donors (Lipinski definition) is 1. The van der Waals surface area contributed by atoms with E-state index in [0.717, 1.165) is 41.2 Å². The molecule has 5 heteroatoms. The van der Waals surface area contributed by atoms with Crippen LogP contribution in [0.15, 0.2) is 22.7 Å². The number of hydrogen-bond acceptors (Lipinski definition) is 5. The summed E-state index contributed by atoms with van der Waals surface area (Å²) in [6, 6.07) is 5.86. The Hall–Kier alpha value is -2.17. The van der Waals surface area contributed by atoms with Crippen molar-refractivity contribution in [1.82, 2.24) is 5.16 Å². The Morgan fingerprint density at radius 1 is 1.10 bits per heavy atom. The van der Waals surface area contributed by atoms with E-state index in [1.165, 1.54) is 6.42 Å². The topological polar surface area (TPSA) is 70.5 Å². The van der Waals surface area contributed by atoms with E-state index in [0.29, 0.717) is 25.0 Å². The molecule has 4 rings (SSSR count). The molecule has 0 amide bonds. The smallest absolute Gasteiger partial charge is 0.230 e. The fraction of sp³-hybridized carbons (Fsp3) is 0.400. The zero-order valence-corrected chi connectivity index (χ0v) is 11.1. The molecule has 0 bridgehead atoms. The van der Waals surface area contributed by atoms with Gasteiger partial charge in [0.1, 0.15) is 13.2 Å². The fourth-order valence-electron chi connectivity index (χ4n) is 2.77. The first kappa shape index (κ1) is 11.6. The predicted octanol–water partition coefficient (Wildman–Crippen LogP) is 2.96. The van der Waals surface area contributed by atoms with E-state index < -0.39 is 0 Å². The molecule has 1 fully saturated rings. The number of aromatic nitrogens is 1. The first-order chi connectivity index (χ1) is 9.83. The Kier molecular flexibility index (Phi) is 2.58. The van der Waals surface area contributed by atoms with Crippen molar-refractivity contribution >= 4 is 5.88 Å². The van der Waals surface area contributed by atoms with E-state index in [9.17, 15) is 0 Å². The van der Waals surface area contributed by atoms with Gasteiger partial charge in [0.2, 0.25) is 5.88 Å². The van der Waals surface area contributed by atoms with Gasteiger partial charge in [-0.1, -0.05) is 17.6 Å². The number of fused-ring (bicyclic) bond motifs is 1. The van der Waals surface area contributed by atoms with Crippen molar-refractivity contribution in [2.24, 2.45) is 0 Å². The van der Waals surface area contributed by atoms with Gasteiger partial charge in [0.25, 0.3) is 0 Å². The number of nitrogen functional groups attached to an aromatic ring is 1. The van der Waals surface area contributed by atoms with Crippen LogP contribution in [0.25, 0.3) is 11.1 Å². The van der Waals surface area contributed by atoms with Gasteiger partial charge in [-0.3, -0.25) is 0 Å². The third-order valence-electron chi connectivity index (χ3n) is 4.07. The molecule has 0 radical (unpaired) electrons. The number of nitrogens with zero attached hydrogens (tertiary/aromatic N) is 1. The zero-order chi connectivity index (χ0) is 13.5. The van der Waals surface area contributed by atoms with E-state index >= 15 is 0 Å². The van der Waals surface area contributed by atoms with E-state index in [1.807, 2.05) is 18.2 Å². The molecular formula is C15H16N2O3. The maximum atomic E-state index is 5.96. The van der Waals surface area contributed by atoms with E-state index in [1.54, 1.807) is 0 Å². The standard InChI is InChI=1S/C15H16N2O3/c16-15-13(14(17-20-15)9-2-1-3-9)10-4-5-11-12(8-10)19-7-6-18-11/h4-5,8-9H,1-3,6-7,16H2. The molecule has 1 aromatic heterocycles. The minimum absolute atomic E-state index is 0.378. The lowest BCUT2D eigenvalue weighted by molar-refractivity contribution is 0.171. The van der Waals surface area contributed by atoms with Crippen molar-refractivity contribution in [3.05, 3.63) is 23.9 Å². The summed E-state index contributed by atoms with van der Waals surface area (Å²) < 4.78 is 16.4. The molecule has 2 heterocycles. The Morgan fingerprint density at radius 3 is 2.65 bits per heavy atom. The molecule has 2 aliphatic rings. The molecule has 20 heavy (non-hydrogen) atoms. The van der Waals surface area contributed by atoms with Crippen LogP contribution in [-0.4, -0.2) is 18.4 Å². The van der Waals surface area contributed by atoms with Gasteiger partial charge in [-0.25, -0.2) is 0 Å². The van der Waals surface area contributed by atoms with Crippen LogP contribution in [0.3, 0.4) is 0 Å². The van der Waals surface area contributed by atoms with Gasteiger partial charge < -0.3 is 19.7 Å². The SMILES string of the molecule is Nc1onc(C2CCC2)c1-c1ccc2c(c1)OCCO2. The zero-order valence-electron chi connectivity index (χ0n) is 11.1. The molecule has 0 spiro atoms. The van der Waals surface area contributed by atoms with Gasteiger partial charge in [-0.15, -0.1) is 0 Å². The Morgan fingerprint density at radius 2 is 1.90 bits per heavy atom. The predicted molar refractivity (Wildman–Crippen MR) is 73.9 cm³/mol. The fourth-order valence-corrected chi connectivity index (χ4v) is 2.77. The summed E-state index contributed by atoms with van der Waals surface area (Å²) in [6.07, 6.45) is 3.56. The highest BCUT2D eigenvalue weighted by molar-refractivity contribution is 5.77. The molecule has 2 aromatic rings. The molecule has 2 N–H and O–H groups in total. The van der Waals surface area contributed by atoms with Gasteiger partial charge in [-0.05, 0) is 30.5 Å². The maximum absolute atomic E-state index is 5.96. The van der Waals surface area contributed by atoms with Crippen molar-refractivity contribution in [3.63, 3.8) is 0 Å². The molecule has 1 saturated carbocycles. The quantitative estimate of drug-likeness (QED) is 0.910.